The molecule has 2 aliphatic heterocycles. The normalized spacial score (nSPS) is 23.3. The first-order chi connectivity index (χ1) is 21.0. The molecule has 10 nitrogen and oxygen atoms in total. The van der Waals surface area contributed by atoms with E-state index >= 15 is 0 Å². The summed E-state index contributed by atoms with van der Waals surface area (Å²) in [6.45, 7) is 7.51. The maximum absolute atomic E-state index is 13.1. The fourth-order valence-corrected chi connectivity index (χ4v) is 6.75. The SMILES string of the molecule is C=CC(=O)N[C@@H]1CCCN(Cc2ccnc(C(=O)Nc3ccc(-c4cc5c([C@@]67CCOC[C@@H]6C7)ncnc5[nH]4)cc3)c2)C1. The summed E-state index contributed by atoms with van der Waals surface area (Å²) in [5.74, 6) is 0.142. The number of amides is 2. The van der Waals surface area contributed by atoms with Crippen molar-refractivity contribution in [2.45, 2.75) is 43.7 Å². The quantitative estimate of drug-likeness (QED) is 0.268. The number of hydrogen-bond acceptors (Lipinski definition) is 7. The minimum Gasteiger partial charge on any atom is -0.381 e. The summed E-state index contributed by atoms with van der Waals surface area (Å²) < 4.78 is 5.68. The number of nitrogens with one attached hydrogen (secondary N) is 3. The van der Waals surface area contributed by atoms with Crippen molar-refractivity contribution in [1.29, 1.82) is 0 Å². The number of ether oxygens (including phenoxy) is 1. The van der Waals surface area contributed by atoms with E-state index in [1.807, 2.05) is 36.4 Å². The molecule has 7 rings (SSSR count). The van der Waals surface area contributed by atoms with E-state index in [1.54, 1.807) is 12.5 Å². The van der Waals surface area contributed by atoms with Gasteiger partial charge in [0.05, 0.1) is 12.3 Å². The number of carbonyl (C=O) groups excluding carboxylic acids is 2. The van der Waals surface area contributed by atoms with Gasteiger partial charge in [0.1, 0.15) is 17.7 Å². The third kappa shape index (κ3) is 5.55. The molecule has 5 heterocycles. The number of likely N-dealkylation sites (tertiary alicyclic amines) is 1. The number of nitrogens with zero attached hydrogens (tertiary/aromatic N) is 4. The maximum Gasteiger partial charge on any atom is 0.274 e. The zero-order valence-corrected chi connectivity index (χ0v) is 24.0. The molecule has 3 atom stereocenters. The van der Waals surface area contributed by atoms with Crippen LogP contribution < -0.4 is 10.6 Å². The fraction of sp³-hybridized carbons (Fsp3) is 0.364. The molecule has 43 heavy (non-hydrogen) atoms. The molecule has 3 N–H and O–H groups in total. The van der Waals surface area contributed by atoms with E-state index in [-0.39, 0.29) is 23.3 Å². The highest BCUT2D eigenvalue weighted by molar-refractivity contribution is 6.03. The Bertz CT molecular complexity index is 1680. The van der Waals surface area contributed by atoms with Crippen molar-refractivity contribution in [2.24, 2.45) is 5.92 Å². The first kappa shape index (κ1) is 27.4. The van der Waals surface area contributed by atoms with Crippen LogP contribution >= 0.6 is 0 Å². The minimum absolute atomic E-state index is 0.100. The van der Waals surface area contributed by atoms with Gasteiger partial charge in [-0.05, 0) is 85.7 Å². The molecule has 2 saturated heterocycles. The minimum atomic E-state index is -0.260. The third-order valence-electron chi connectivity index (χ3n) is 9.10. The van der Waals surface area contributed by atoms with E-state index in [2.05, 4.69) is 43.1 Å². The number of H-pyrrole nitrogens is 1. The largest absolute Gasteiger partial charge is 0.381 e. The summed E-state index contributed by atoms with van der Waals surface area (Å²) in [7, 11) is 0. The summed E-state index contributed by atoms with van der Waals surface area (Å²) >= 11 is 0. The number of pyridine rings is 1. The molecule has 4 aromatic rings. The molecular weight excluding hydrogens is 542 g/mol. The molecule has 2 amide bonds. The van der Waals surface area contributed by atoms with Crippen LogP contribution in [0.15, 0.2) is 67.6 Å². The Morgan fingerprint density at radius 2 is 2.05 bits per heavy atom. The van der Waals surface area contributed by atoms with Gasteiger partial charge in [-0.25, -0.2) is 9.97 Å². The van der Waals surface area contributed by atoms with Crippen LogP contribution in [0.5, 0.6) is 0 Å². The van der Waals surface area contributed by atoms with Crippen LogP contribution in [0.1, 0.15) is 47.4 Å². The zero-order chi connectivity index (χ0) is 29.4. The van der Waals surface area contributed by atoms with Crippen LogP contribution in [0, 0.1) is 5.92 Å². The number of benzene rings is 1. The zero-order valence-electron chi connectivity index (χ0n) is 24.0. The molecule has 1 aliphatic carbocycles. The molecule has 220 valence electrons. The molecule has 1 saturated carbocycles. The van der Waals surface area contributed by atoms with Crippen LogP contribution in [0.4, 0.5) is 5.69 Å². The number of aromatic amines is 1. The molecule has 3 aliphatic rings. The second-order valence-corrected chi connectivity index (χ2v) is 11.9. The molecule has 3 aromatic heterocycles. The fourth-order valence-electron chi connectivity index (χ4n) is 6.75. The predicted molar refractivity (Wildman–Crippen MR) is 163 cm³/mol. The van der Waals surface area contributed by atoms with Gasteiger partial charge in [-0.15, -0.1) is 0 Å². The number of piperidine rings is 1. The molecule has 0 spiro atoms. The first-order valence-corrected chi connectivity index (χ1v) is 14.9. The summed E-state index contributed by atoms with van der Waals surface area (Å²) in [6, 6.07) is 13.8. The van der Waals surface area contributed by atoms with Crippen molar-refractivity contribution in [3.63, 3.8) is 0 Å². The highest BCUT2D eigenvalue weighted by Crippen LogP contribution is 2.59. The van der Waals surface area contributed by atoms with Crippen molar-refractivity contribution < 1.29 is 14.3 Å². The molecule has 0 radical (unpaired) electrons. The molecule has 1 aromatic carbocycles. The maximum atomic E-state index is 13.1. The molecule has 0 unspecified atom stereocenters. The van der Waals surface area contributed by atoms with Crippen molar-refractivity contribution >= 4 is 28.5 Å². The summed E-state index contributed by atoms with van der Waals surface area (Å²) in [5, 5.41) is 7.05. The van der Waals surface area contributed by atoms with Gasteiger partial charge in [-0.1, -0.05) is 18.7 Å². The molecule has 3 fully saturated rings. The standard InChI is InChI=1S/C33H35N7O3/c1-2-29(41)37-25-4-3-12-40(18-25)17-21-9-11-34-28(14-21)32(42)38-24-7-5-22(6-8-24)27-15-26-30(35-20-36-31(26)39-27)33-10-13-43-19-23(33)16-33/h2,5-9,11,14-15,20,23,25H,1,3-4,10,12-13,16-19H2,(H,37,41)(H,38,42)(H,35,36,39)/t23-,25+,33+/m0/s1. The second-order valence-electron chi connectivity index (χ2n) is 11.9. The van der Waals surface area contributed by atoms with Crippen LogP contribution in [0.3, 0.4) is 0 Å². The Morgan fingerprint density at radius 1 is 1.16 bits per heavy atom. The number of hydrogen-bond donors (Lipinski definition) is 3. The first-order valence-electron chi connectivity index (χ1n) is 14.9. The average Bonchev–Trinajstić information content (AvgIpc) is 3.63. The number of aromatic nitrogens is 4. The summed E-state index contributed by atoms with van der Waals surface area (Å²) in [6.07, 6.45) is 8.72. The monoisotopic (exact) mass is 577 g/mol. The lowest BCUT2D eigenvalue weighted by molar-refractivity contribution is -0.117. The summed E-state index contributed by atoms with van der Waals surface area (Å²) in [5.41, 5.74) is 6.13. The van der Waals surface area contributed by atoms with Gasteiger partial charge in [0.15, 0.2) is 0 Å². The lowest BCUT2D eigenvalue weighted by Crippen LogP contribution is -2.46. The number of rotatable bonds is 8. The van der Waals surface area contributed by atoms with Crippen LogP contribution in [0.25, 0.3) is 22.3 Å². The Labute approximate surface area is 250 Å². The van der Waals surface area contributed by atoms with Crippen molar-refractivity contribution in [1.82, 2.24) is 30.2 Å². The van der Waals surface area contributed by atoms with E-state index in [9.17, 15) is 9.59 Å². The van der Waals surface area contributed by atoms with Crippen LogP contribution in [-0.4, -0.2) is 69.0 Å². The van der Waals surface area contributed by atoms with Gasteiger partial charge in [0.2, 0.25) is 5.91 Å². The number of fused-ring (bicyclic) bond motifs is 2. The second kappa shape index (κ2) is 11.3. The van der Waals surface area contributed by atoms with Gasteiger partial charge in [0, 0.05) is 54.1 Å². The van der Waals surface area contributed by atoms with E-state index in [0.29, 0.717) is 23.8 Å². The average molecular weight is 578 g/mol. The van der Waals surface area contributed by atoms with E-state index in [1.165, 1.54) is 6.08 Å². The Kier molecular flexibility index (Phi) is 7.24. The smallest absolute Gasteiger partial charge is 0.274 e. The van der Waals surface area contributed by atoms with E-state index < -0.39 is 0 Å². The van der Waals surface area contributed by atoms with Gasteiger partial charge in [-0.2, -0.15) is 0 Å². The predicted octanol–water partition coefficient (Wildman–Crippen LogP) is 4.22. The van der Waals surface area contributed by atoms with Crippen LogP contribution in [0.2, 0.25) is 0 Å². The number of anilines is 1. The Morgan fingerprint density at radius 3 is 2.88 bits per heavy atom. The highest BCUT2D eigenvalue weighted by Gasteiger charge is 2.58. The van der Waals surface area contributed by atoms with E-state index in [0.717, 1.165) is 85.5 Å². The van der Waals surface area contributed by atoms with Crippen LogP contribution in [-0.2, 0) is 21.5 Å². The van der Waals surface area contributed by atoms with Gasteiger partial charge < -0.3 is 20.4 Å². The lowest BCUT2D eigenvalue weighted by Gasteiger charge is -2.33. The van der Waals surface area contributed by atoms with Gasteiger partial charge in [0.25, 0.3) is 5.91 Å². The van der Waals surface area contributed by atoms with Crippen molar-refractivity contribution in [3.8, 4) is 11.3 Å². The van der Waals surface area contributed by atoms with Crippen molar-refractivity contribution in [3.05, 3.63) is 84.6 Å². The number of carbonyl (C=O) groups is 2. The molecule has 0 bridgehead atoms. The lowest BCUT2D eigenvalue weighted by atomic mass is 9.91. The Balaban J connectivity index is 1.01. The third-order valence-corrected chi connectivity index (χ3v) is 9.10. The van der Waals surface area contributed by atoms with E-state index in [4.69, 9.17) is 9.72 Å². The van der Waals surface area contributed by atoms with Gasteiger partial charge in [-0.3, -0.25) is 19.5 Å². The van der Waals surface area contributed by atoms with Crippen molar-refractivity contribution in [2.75, 3.05) is 31.6 Å². The molecular formula is C33H35N7O3. The topological polar surface area (TPSA) is 125 Å². The summed E-state index contributed by atoms with van der Waals surface area (Å²) in [4.78, 5) is 44.1. The highest BCUT2D eigenvalue weighted by atomic mass is 16.5. The molecule has 10 heteroatoms. The van der Waals surface area contributed by atoms with Gasteiger partial charge >= 0.3 is 0 Å². The Hall–Kier alpha value is -4.41.